The van der Waals surface area contributed by atoms with Crippen LogP contribution in [0.15, 0.2) is 29.1 Å². The molecule has 2 aromatic heterocycles. The number of aryl methyl sites for hydroxylation is 2. The molecule has 1 N–H and O–H groups in total. The summed E-state index contributed by atoms with van der Waals surface area (Å²) in [7, 11) is 0. The van der Waals surface area contributed by atoms with Gasteiger partial charge in [-0.3, -0.25) is 9.36 Å². The van der Waals surface area contributed by atoms with Gasteiger partial charge in [-0.05, 0) is 51.5 Å². The number of nitrogens with one attached hydrogen (secondary N) is 1. The van der Waals surface area contributed by atoms with Crippen molar-refractivity contribution in [2.45, 2.75) is 40.2 Å². The Morgan fingerprint density at radius 2 is 1.97 bits per heavy atom. The molecule has 2 heterocycles. The van der Waals surface area contributed by atoms with E-state index in [1.54, 1.807) is 45.0 Å². The Morgan fingerprint density at radius 3 is 2.62 bits per heavy atom. The van der Waals surface area contributed by atoms with Crippen molar-refractivity contribution in [3.8, 4) is 0 Å². The highest BCUT2D eigenvalue weighted by Crippen LogP contribution is 2.28. The molecule has 1 unspecified atom stereocenters. The predicted octanol–water partition coefficient (Wildman–Crippen LogP) is 3.24. The van der Waals surface area contributed by atoms with E-state index in [1.807, 2.05) is 6.92 Å². The molecule has 0 spiro atoms. The number of ether oxygens (including phenoxy) is 1. The van der Waals surface area contributed by atoms with Gasteiger partial charge in [-0.25, -0.2) is 14.6 Å². The Labute approximate surface area is 171 Å². The number of anilines is 1. The van der Waals surface area contributed by atoms with Crippen molar-refractivity contribution in [1.29, 1.82) is 0 Å². The molecule has 0 aliphatic heterocycles. The minimum Gasteiger partial charge on any atom is -0.462 e. The van der Waals surface area contributed by atoms with E-state index in [9.17, 15) is 14.4 Å². The number of hydrogen-bond acceptors (Lipinski definition) is 7. The SMILES string of the molecule is CCOC(=O)c1ccc2nc(NC(=O)C(CC)n3c(C)cc(C)nc3=O)sc2c1. The number of nitrogens with zero attached hydrogens (tertiary/aromatic N) is 3. The molecule has 8 nitrogen and oxygen atoms in total. The lowest BCUT2D eigenvalue weighted by Crippen LogP contribution is -2.36. The standard InChI is InChI=1S/C20H22N4O4S/c1-5-15(24-12(4)9-11(3)21-20(24)27)17(25)23-19-22-14-8-7-13(10-16(14)29-19)18(26)28-6-2/h7-10,15H,5-6H2,1-4H3,(H,22,23,25). The van der Waals surface area contributed by atoms with Crippen LogP contribution in [0.1, 0.15) is 48.1 Å². The molecule has 3 aromatic rings. The summed E-state index contributed by atoms with van der Waals surface area (Å²) in [6, 6.07) is 6.12. The Hall–Kier alpha value is -3.07. The molecule has 0 aliphatic carbocycles. The predicted molar refractivity (Wildman–Crippen MR) is 112 cm³/mol. The van der Waals surface area contributed by atoms with Crippen LogP contribution in [0.5, 0.6) is 0 Å². The van der Waals surface area contributed by atoms with Gasteiger partial charge >= 0.3 is 11.7 Å². The monoisotopic (exact) mass is 414 g/mol. The molecule has 0 radical (unpaired) electrons. The number of carbonyl (C=O) groups is 2. The Morgan fingerprint density at radius 1 is 1.21 bits per heavy atom. The van der Waals surface area contributed by atoms with Gasteiger partial charge in [-0.1, -0.05) is 18.3 Å². The van der Waals surface area contributed by atoms with E-state index in [-0.39, 0.29) is 5.91 Å². The van der Waals surface area contributed by atoms with E-state index in [0.29, 0.717) is 40.6 Å². The molecule has 0 aliphatic rings. The van der Waals surface area contributed by atoms with Crippen LogP contribution in [0, 0.1) is 13.8 Å². The maximum atomic E-state index is 12.9. The highest BCUT2D eigenvalue weighted by molar-refractivity contribution is 7.22. The fourth-order valence-electron chi connectivity index (χ4n) is 3.13. The van der Waals surface area contributed by atoms with Gasteiger partial charge < -0.3 is 10.1 Å². The average molecular weight is 414 g/mol. The molecule has 1 amide bonds. The summed E-state index contributed by atoms with van der Waals surface area (Å²) in [5.41, 5.74) is 1.93. The second kappa shape index (κ2) is 8.52. The highest BCUT2D eigenvalue weighted by atomic mass is 32.1. The van der Waals surface area contributed by atoms with Crippen LogP contribution < -0.4 is 11.0 Å². The van der Waals surface area contributed by atoms with Crippen LogP contribution in [0.3, 0.4) is 0 Å². The number of thiazole rings is 1. The lowest BCUT2D eigenvalue weighted by Gasteiger charge is -2.19. The molecule has 0 fully saturated rings. The van der Waals surface area contributed by atoms with Crippen LogP contribution in [0.4, 0.5) is 5.13 Å². The normalized spacial score (nSPS) is 12.0. The van der Waals surface area contributed by atoms with E-state index in [1.165, 1.54) is 15.9 Å². The number of rotatable bonds is 6. The fourth-order valence-corrected chi connectivity index (χ4v) is 4.04. The molecule has 3 rings (SSSR count). The van der Waals surface area contributed by atoms with Gasteiger partial charge in [0.15, 0.2) is 5.13 Å². The number of benzene rings is 1. The molecular formula is C20H22N4O4S. The van der Waals surface area contributed by atoms with Crippen molar-refractivity contribution in [2.24, 2.45) is 0 Å². The third-order valence-corrected chi connectivity index (χ3v) is 5.34. The molecule has 0 saturated carbocycles. The van der Waals surface area contributed by atoms with Gasteiger partial charge in [0, 0.05) is 11.4 Å². The second-order valence-corrected chi connectivity index (χ2v) is 7.56. The summed E-state index contributed by atoms with van der Waals surface area (Å²) in [6.45, 7) is 7.40. The zero-order valence-electron chi connectivity index (χ0n) is 16.7. The maximum Gasteiger partial charge on any atom is 0.348 e. The topological polar surface area (TPSA) is 103 Å². The first-order valence-electron chi connectivity index (χ1n) is 9.29. The Bertz CT molecular complexity index is 1140. The van der Waals surface area contributed by atoms with Crippen molar-refractivity contribution >= 4 is 38.6 Å². The maximum absolute atomic E-state index is 12.9. The Balaban J connectivity index is 1.86. The summed E-state index contributed by atoms with van der Waals surface area (Å²) in [4.78, 5) is 45.4. The lowest BCUT2D eigenvalue weighted by molar-refractivity contribution is -0.119. The molecule has 9 heteroatoms. The van der Waals surface area contributed by atoms with E-state index in [4.69, 9.17) is 4.74 Å². The number of aromatic nitrogens is 3. The minimum absolute atomic E-state index is 0.298. The van der Waals surface area contributed by atoms with Crippen molar-refractivity contribution in [3.05, 3.63) is 51.7 Å². The zero-order valence-corrected chi connectivity index (χ0v) is 17.5. The first kappa shape index (κ1) is 20.7. The summed E-state index contributed by atoms with van der Waals surface area (Å²) >= 11 is 1.26. The van der Waals surface area contributed by atoms with Crippen LogP contribution >= 0.6 is 11.3 Å². The average Bonchev–Trinajstić information content (AvgIpc) is 3.05. The van der Waals surface area contributed by atoms with E-state index in [0.717, 1.165) is 4.70 Å². The van der Waals surface area contributed by atoms with Gasteiger partial charge in [0.05, 0.1) is 22.4 Å². The van der Waals surface area contributed by atoms with Crippen LogP contribution in [0.2, 0.25) is 0 Å². The first-order valence-corrected chi connectivity index (χ1v) is 10.1. The summed E-state index contributed by atoms with van der Waals surface area (Å²) in [6.07, 6.45) is 0.426. The second-order valence-electron chi connectivity index (χ2n) is 6.53. The number of carbonyl (C=O) groups excluding carboxylic acids is 2. The van der Waals surface area contributed by atoms with Gasteiger partial charge in [-0.2, -0.15) is 4.98 Å². The smallest absolute Gasteiger partial charge is 0.348 e. The number of fused-ring (bicyclic) bond motifs is 1. The minimum atomic E-state index is -0.697. The third-order valence-electron chi connectivity index (χ3n) is 4.41. The van der Waals surface area contributed by atoms with Crippen LogP contribution in [-0.4, -0.2) is 33.0 Å². The zero-order chi connectivity index (χ0) is 21.1. The third kappa shape index (κ3) is 4.34. The fraction of sp³-hybridized carbons (Fsp3) is 0.350. The summed E-state index contributed by atoms with van der Waals surface area (Å²) in [5.74, 6) is -0.742. The first-order chi connectivity index (χ1) is 13.8. The number of hydrogen-bond donors (Lipinski definition) is 1. The summed E-state index contributed by atoms with van der Waals surface area (Å²) < 4.78 is 7.16. The lowest BCUT2D eigenvalue weighted by atomic mass is 10.2. The molecule has 29 heavy (non-hydrogen) atoms. The van der Waals surface area contributed by atoms with Crippen LogP contribution in [-0.2, 0) is 9.53 Å². The van der Waals surface area contributed by atoms with E-state index < -0.39 is 17.7 Å². The molecule has 1 aromatic carbocycles. The molecule has 0 saturated heterocycles. The quantitative estimate of drug-likeness (QED) is 0.621. The van der Waals surface area contributed by atoms with Gasteiger partial charge in [0.1, 0.15) is 6.04 Å². The van der Waals surface area contributed by atoms with Crippen molar-refractivity contribution in [2.75, 3.05) is 11.9 Å². The Kier molecular flexibility index (Phi) is 6.07. The molecular weight excluding hydrogens is 392 g/mol. The number of esters is 1. The van der Waals surface area contributed by atoms with E-state index in [2.05, 4.69) is 15.3 Å². The largest absolute Gasteiger partial charge is 0.462 e. The van der Waals surface area contributed by atoms with E-state index >= 15 is 0 Å². The highest BCUT2D eigenvalue weighted by Gasteiger charge is 2.23. The molecule has 1 atom stereocenters. The van der Waals surface area contributed by atoms with Gasteiger partial charge in [0.2, 0.25) is 5.91 Å². The van der Waals surface area contributed by atoms with Crippen molar-refractivity contribution in [1.82, 2.24) is 14.5 Å². The van der Waals surface area contributed by atoms with Crippen molar-refractivity contribution < 1.29 is 14.3 Å². The van der Waals surface area contributed by atoms with Crippen LogP contribution in [0.25, 0.3) is 10.2 Å². The van der Waals surface area contributed by atoms with Crippen molar-refractivity contribution in [3.63, 3.8) is 0 Å². The molecule has 0 bridgehead atoms. The van der Waals surface area contributed by atoms with Gasteiger partial charge in [0.25, 0.3) is 0 Å². The summed E-state index contributed by atoms with van der Waals surface area (Å²) in [5, 5.41) is 3.19. The molecule has 152 valence electrons. The number of amides is 1. The van der Waals surface area contributed by atoms with Gasteiger partial charge in [-0.15, -0.1) is 0 Å².